The highest BCUT2D eigenvalue weighted by Crippen LogP contribution is 2.37. The first-order valence-corrected chi connectivity index (χ1v) is 7.31. The molecule has 2 nitrogen and oxygen atoms in total. The summed E-state index contributed by atoms with van der Waals surface area (Å²) in [6.45, 7) is 0. The molecule has 0 radical (unpaired) electrons. The molecular weight excluding hydrogens is 260 g/mol. The third kappa shape index (κ3) is 3.30. The number of rotatable bonds is 3. The van der Waals surface area contributed by atoms with Gasteiger partial charge in [0.15, 0.2) is 0 Å². The van der Waals surface area contributed by atoms with E-state index in [4.69, 9.17) is 10.5 Å². The lowest BCUT2D eigenvalue weighted by molar-refractivity contribution is 1.41. The molecule has 2 aromatic carbocycles. The van der Waals surface area contributed by atoms with E-state index in [1.165, 1.54) is 0 Å². The van der Waals surface area contributed by atoms with Crippen LogP contribution in [0.2, 0.25) is 0 Å². The largest absolute Gasteiger partial charge is 0.192 e. The van der Waals surface area contributed by atoms with Crippen LogP contribution in [0.5, 0.6) is 0 Å². The fraction of sp³-hybridized carbons (Fsp3) is 0. The van der Waals surface area contributed by atoms with Crippen LogP contribution >= 0.6 is 21.6 Å². The number of nitrogens with zero attached hydrogens (tertiary/aromatic N) is 2. The predicted octanol–water partition coefficient (Wildman–Crippen LogP) is 4.23. The van der Waals surface area contributed by atoms with Gasteiger partial charge in [0.1, 0.15) is 0 Å². The van der Waals surface area contributed by atoms with E-state index in [1.54, 1.807) is 21.6 Å². The normalized spacial score (nSPS) is 9.44. The average Bonchev–Trinajstić information content (AvgIpc) is 2.46. The molecule has 0 aliphatic rings. The Bertz CT molecular complexity index is 547. The molecule has 2 aromatic rings. The van der Waals surface area contributed by atoms with Crippen LogP contribution in [0.3, 0.4) is 0 Å². The smallest absolute Gasteiger partial charge is 0.0991 e. The first-order chi connectivity index (χ1) is 8.81. The van der Waals surface area contributed by atoms with Gasteiger partial charge in [-0.1, -0.05) is 21.6 Å². The van der Waals surface area contributed by atoms with Crippen LogP contribution in [0.25, 0.3) is 0 Å². The first kappa shape index (κ1) is 12.6. The number of nitriles is 2. The number of hydrogen-bond acceptors (Lipinski definition) is 4. The summed E-state index contributed by atoms with van der Waals surface area (Å²) in [5.74, 6) is 0. The van der Waals surface area contributed by atoms with Crippen molar-refractivity contribution in [2.75, 3.05) is 0 Å². The van der Waals surface area contributed by atoms with Crippen LogP contribution in [-0.4, -0.2) is 0 Å². The summed E-state index contributed by atoms with van der Waals surface area (Å²) in [5, 5.41) is 17.4. The molecule has 0 saturated heterocycles. The molecule has 18 heavy (non-hydrogen) atoms. The van der Waals surface area contributed by atoms with Gasteiger partial charge in [-0.15, -0.1) is 0 Å². The molecule has 4 heteroatoms. The van der Waals surface area contributed by atoms with Crippen molar-refractivity contribution in [3.8, 4) is 12.1 Å². The van der Waals surface area contributed by atoms with Gasteiger partial charge in [0.25, 0.3) is 0 Å². The summed E-state index contributed by atoms with van der Waals surface area (Å²) >= 11 is 0. The Kier molecular flexibility index (Phi) is 4.30. The Labute approximate surface area is 114 Å². The fourth-order valence-corrected chi connectivity index (χ4v) is 3.20. The molecule has 0 unspecified atom stereocenters. The molecule has 0 spiro atoms. The zero-order valence-electron chi connectivity index (χ0n) is 9.33. The summed E-state index contributed by atoms with van der Waals surface area (Å²) in [6, 6.07) is 19.1. The molecule has 0 aliphatic heterocycles. The van der Waals surface area contributed by atoms with Gasteiger partial charge in [0.2, 0.25) is 0 Å². The second kappa shape index (κ2) is 6.16. The van der Waals surface area contributed by atoms with Gasteiger partial charge in [-0.3, -0.25) is 0 Å². The molecule has 2 rings (SSSR count). The van der Waals surface area contributed by atoms with Crippen molar-refractivity contribution in [3.63, 3.8) is 0 Å². The molecule has 0 aliphatic carbocycles. The Morgan fingerprint density at radius 1 is 0.611 bits per heavy atom. The van der Waals surface area contributed by atoms with Gasteiger partial charge in [0.05, 0.1) is 23.3 Å². The van der Waals surface area contributed by atoms with E-state index in [0.717, 1.165) is 9.79 Å². The molecule has 0 fully saturated rings. The highest BCUT2D eigenvalue weighted by molar-refractivity contribution is 8.76. The summed E-state index contributed by atoms with van der Waals surface area (Å²) in [4.78, 5) is 2.20. The van der Waals surface area contributed by atoms with Crippen molar-refractivity contribution in [2.45, 2.75) is 9.79 Å². The number of hydrogen-bond donors (Lipinski definition) is 0. The van der Waals surface area contributed by atoms with Gasteiger partial charge in [-0.25, -0.2) is 0 Å². The van der Waals surface area contributed by atoms with E-state index in [0.29, 0.717) is 11.1 Å². The minimum Gasteiger partial charge on any atom is -0.192 e. The first-order valence-electron chi connectivity index (χ1n) is 5.16. The maximum absolute atomic E-state index is 8.70. The Morgan fingerprint density at radius 3 is 1.22 bits per heavy atom. The number of benzene rings is 2. The minimum absolute atomic E-state index is 0.669. The third-order valence-corrected chi connectivity index (χ3v) is 4.62. The molecular formula is C14H8N2S2. The maximum atomic E-state index is 8.70. The molecule has 0 N–H and O–H groups in total. The predicted molar refractivity (Wildman–Crippen MR) is 74.0 cm³/mol. The Balaban J connectivity index is 1.98. The summed E-state index contributed by atoms with van der Waals surface area (Å²) in [5.41, 5.74) is 1.34. The van der Waals surface area contributed by atoms with E-state index in [9.17, 15) is 0 Å². The van der Waals surface area contributed by atoms with Crippen LogP contribution in [0.15, 0.2) is 58.3 Å². The lowest BCUT2D eigenvalue weighted by atomic mass is 10.2. The quantitative estimate of drug-likeness (QED) is 0.782. The molecule has 0 aromatic heterocycles. The zero-order chi connectivity index (χ0) is 12.8. The van der Waals surface area contributed by atoms with Crippen molar-refractivity contribution in [1.29, 1.82) is 10.5 Å². The zero-order valence-corrected chi connectivity index (χ0v) is 11.0. The van der Waals surface area contributed by atoms with E-state index in [1.807, 2.05) is 48.5 Å². The van der Waals surface area contributed by atoms with E-state index >= 15 is 0 Å². The molecule has 0 amide bonds. The van der Waals surface area contributed by atoms with Crippen molar-refractivity contribution >= 4 is 21.6 Å². The van der Waals surface area contributed by atoms with Gasteiger partial charge in [-0.05, 0) is 48.5 Å². The highest BCUT2D eigenvalue weighted by Gasteiger charge is 1.98. The minimum atomic E-state index is 0.669. The average molecular weight is 268 g/mol. The second-order valence-electron chi connectivity index (χ2n) is 3.44. The third-order valence-electron chi connectivity index (χ3n) is 2.20. The monoisotopic (exact) mass is 268 g/mol. The van der Waals surface area contributed by atoms with E-state index < -0.39 is 0 Å². The van der Waals surface area contributed by atoms with Crippen LogP contribution in [0.4, 0.5) is 0 Å². The standard InChI is InChI=1S/C14H8N2S2/c15-9-11-1-5-13(6-2-11)17-18-14-7-3-12(10-16)4-8-14/h1-8H. The van der Waals surface area contributed by atoms with E-state index in [-0.39, 0.29) is 0 Å². The molecule has 0 heterocycles. The summed E-state index contributed by atoms with van der Waals surface area (Å²) < 4.78 is 0. The van der Waals surface area contributed by atoms with Crippen molar-refractivity contribution in [2.24, 2.45) is 0 Å². The lowest BCUT2D eigenvalue weighted by Crippen LogP contribution is -1.74. The highest BCUT2D eigenvalue weighted by atomic mass is 33.1. The topological polar surface area (TPSA) is 47.6 Å². The van der Waals surface area contributed by atoms with Crippen LogP contribution in [0, 0.1) is 22.7 Å². The lowest BCUT2D eigenvalue weighted by Gasteiger charge is -2.01. The SMILES string of the molecule is N#Cc1ccc(SSc2ccc(C#N)cc2)cc1. The van der Waals surface area contributed by atoms with Crippen molar-refractivity contribution in [1.82, 2.24) is 0 Å². The molecule has 0 saturated carbocycles. The molecule has 0 atom stereocenters. The second-order valence-corrected chi connectivity index (χ2v) is 5.72. The molecule has 86 valence electrons. The maximum Gasteiger partial charge on any atom is 0.0991 e. The van der Waals surface area contributed by atoms with E-state index in [2.05, 4.69) is 12.1 Å². The Hall–Kier alpha value is -1.88. The molecule has 0 bridgehead atoms. The van der Waals surface area contributed by atoms with Gasteiger partial charge in [-0.2, -0.15) is 10.5 Å². The van der Waals surface area contributed by atoms with Crippen LogP contribution in [-0.2, 0) is 0 Å². The summed E-state index contributed by atoms with van der Waals surface area (Å²) in [7, 11) is 3.26. The van der Waals surface area contributed by atoms with Crippen molar-refractivity contribution < 1.29 is 0 Å². The van der Waals surface area contributed by atoms with Gasteiger partial charge >= 0.3 is 0 Å². The van der Waals surface area contributed by atoms with Gasteiger partial charge in [0, 0.05) is 9.79 Å². The van der Waals surface area contributed by atoms with Gasteiger partial charge < -0.3 is 0 Å². The Morgan fingerprint density at radius 2 is 0.944 bits per heavy atom. The fourth-order valence-electron chi connectivity index (χ4n) is 1.27. The van der Waals surface area contributed by atoms with Crippen LogP contribution in [0.1, 0.15) is 11.1 Å². The van der Waals surface area contributed by atoms with Crippen molar-refractivity contribution in [3.05, 3.63) is 59.7 Å². The van der Waals surface area contributed by atoms with Crippen LogP contribution < -0.4 is 0 Å². The summed E-state index contributed by atoms with van der Waals surface area (Å²) in [6.07, 6.45) is 0.